The zero-order valence-electron chi connectivity index (χ0n) is 8.84. The van der Waals surface area contributed by atoms with E-state index < -0.39 is 11.4 Å². The first-order chi connectivity index (χ1) is 6.83. The smallest absolute Gasteiger partial charge is 0.242 e. The molecule has 1 amide bonds. The number of carbonyl (C=O) groups is 1. The van der Waals surface area contributed by atoms with Gasteiger partial charge in [-0.3, -0.25) is 4.79 Å². The van der Waals surface area contributed by atoms with Crippen molar-refractivity contribution in [1.29, 1.82) is 0 Å². The summed E-state index contributed by atoms with van der Waals surface area (Å²) in [6.45, 7) is 5.16. The number of anilines is 1. The first-order valence-electron chi connectivity index (χ1n) is 4.40. The number of nitrogens with one attached hydrogen (secondary N) is 1. The molecule has 0 radical (unpaired) electrons. The quantitative estimate of drug-likeness (QED) is 0.760. The van der Waals surface area contributed by atoms with Crippen LogP contribution in [0.1, 0.15) is 19.4 Å². The fourth-order valence-corrected chi connectivity index (χ4v) is 1.04. The number of aryl methyl sites for hydroxylation is 1. The number of amides is 1. The van der Waals surface area contributed by atoms with Crippen molar-refractivity contribution in [2.45, 2.75) is 26.3 Å². The van der Waals surface area contributed by atoms with Crippen molar-refractivity contribution in [3.05, 3.63) is 17.0 Å². The van der Waals surface area contributed by atoms with Crippen molar-refractivity contribution in [3.8, 4) is 0 Å². The summed E-state index contributed by atoms with van der Waals surface area (Å²) in [4.78, 5) is 18.9. The summed E-state index contributed by atoms with van der Waals surface area (Å²) < 4.78 is 0. The first kappa shape index (κ1) is 11.7. The van der Waals surface area contributed by atoms with E-state index in [2.05, 4.69) is 15.3 Å². The van der Waals surface area contributed by atoms with Crippen LogP contribution in [0.5, 0.6) is 0 Å². The lowest BCUT2D eigenvalue weighted by molar-refractivity contribution is -0.121. The van der Waals surface area contributed by atoms with E-state index in [9.17, 15) is 4.79 Å². The van der Waals surface area contributed by atoms with Crippen LogP contribution in [0.4, 0.5) is 5.82 Å². The maximum absolute atomic E-state index is 11.1. The molecule has 5 nitrogen and oxygen atoms in total. The molecule has 1 aromatic heterocycles. The van der Waals surface area contributed by atoms with E-state index in [0.717, 1.165) is 5.56 Å². The summed E-state index contributed by atoms with van der Waals surface area (Å²) in [7, 11) is 0. The topological polar surface area (TPSA) is 80.9 Å². The Morgan fingerprint density at radius 3 is 2.73 bits per heavy atom. The standard InChI is InChI=1S/C9H13ClN4O/c1-5-4-12-8(10)13-6(5)14-9(2,3)7(11)15/h4H,1-3H3,(H2,11,15)(H,12,13,14). The molecule has 0 fully saturated rings. The maximum Gasteiger partial charge on any atom is 0.242 e. The van der Waals surface area contributed by atoms with Gasteiger partial charge in [0.2, 0.25) is 11.2 Å². The molecule has 6 heteroatoms. The van der Waals surface area contributed by atoms with Gasteiger partial charge >= 0.3 is 0 Å². The highest BCUT2D eigenvalue weighted by atomic mass is 35.5. The molecule has 0 aliphatic rings. The second kappa shape index (κ2) is 4.02. The lowest BCUT2D eigenvalue weighted by atomic mass is 10.1. The maximum atomic E-state index is 11.1. The number of hydrogen-bond donors (Lipinski definition) is 2. The van der Waals surface area contributed by atoms with Gasteiger partial charge in [-0.15, -0.1) is 0 Å². The Hall–Kier alpha value is -1.36. The van der Waals surface area contributed by atoms with Crippen molar-refractivity contribution in [2.24, 2.45) is 5.73 Å². The molecule has 82 valence electrons. The van der Waals surface area contributed by atoms with Crippen molar-refractivity contribution >= 4 is 23.3 Å². The van der Waals surface area contributed by atoms with Gasteiger partial charge in [-0.2, -0.15) is 0 Å². The van der Waals surface area contributed by atoms with E-state index in [1.54, 1.807) is 20.0 Å². The van der Waals surface area contributed by atoms with Crippen molar-refractivity contribution in [2.75, 3.05) is 5.32 Å². The summed E-state index contributed by atoms with van der Waals surface area (Å²) in [6, 6.07) is 0. The van der Waals surface area contributed by atoms with Gasteiger partial charge in [0.15, 0.2) is 0 Å². The molecule has 0 saturated carbocycles. The minimum atomic E-state index is -0.873. The van der Waals surface area contributed by atoms with E-state index >= 15 is 0 Å². The molecule has 1 heterocycles. The minimum Gasteiger partial charge on any atom is -0.368 e. The van der Waals surface area contributed by atoms with E-state index in [-0.39, 0.29) is 5.28 Å². The molecule has 3 N–H and O–H groups in total. The van der Waals surface area contributed by atoms with Crippen molar-refractivity contribution in [3.63, 3.8) is 0 Å². The number of primary amides is 1. The van der Waals surface area contributed by atoms with Gasteiger partial charge < -0.3 is 11.1 Å². The Kier molecular flexibility index (Phi) is 3.14. The third kappa shape index (κ3) is 2.79. The summed E-state index contributed by atoms with van der Waals surface area (Å²) in [5, 5.41) is 3.04. The van der Waals surface area contributed by atoms with Gasteiger partial charge in [0.1, 0.15) is 11.4 Å². The minimum absolute atomic E-state index is 0.128. The molecule has 1 aromatic rings. The van der Waals surface area contributed by atoms with E-state index in [4.69, 9.17) is 17.3 Å². The lowest BCUT2D eigenvalue weighted by Gasteiger charge is -2.23. The summed E-state index contributed by atoms with van der Waals surface area (Å²) in [5.74, 6) is 0.0513. The molecule has 0 aliphatic heterocycles. The van der Waals surface area contributed by atoms with Crippen LogP contribution in [0.3, 0.4) is 0 Å². The molecule has 0 bridgehead atoms. The van der Waals surface area contributed by atoms with Crippen LogP contribution in [-0.4, -0.2) is 21.4 Å². The van der Waals surface area contributed by atoms with E-state index in [1.165, 1.54) is 0 Å². The number of rotatable bonds is 3. The third-order valence-electron chi connectivity index (χ3n) is 1.99. The Labute approximate surface area is 93.0 Å². The van der Waals surface area contributed by atoms with Crippen molar-refractivity contribution < 1.29 is 4.79 Å². The van der Waals surface area contributed by atoms with Gasteiger partial charge in [-0.05, 0) is 32.4 Å². The highest BCUT2D eigenvalue weighted by Gasteiger charge is 2.25. The van der Waals surface area contributed by atoms with Crippen LogP contribution in [0, 0.1) is 6.92 Å². The Bertz CT molecular complexity index is 392. The van der Waals surface area contributed by atoms with Crippen LogP contribution in [0.25, 0.3) is 0 Å². The van der Waals surface area contributed by atoms with Crippen LogP contribution >= 0.6 is 11.6 Å². The highest BCUT2D eigenvalue weighted by molar-refractivity contribution is 6.28. The molecular formula is C9H13ClN4O. The van der Waals surface area contributed by atoms with Gasteiger partial charge in [0.05, 0.1) is 0 Å². The SMILES string of the molecule is Cc1cnc(Cl)nc1NC(C)(C)C(N)=O. The average molecular weight is 229 g/mol. The predicted molar refractivity (Wildman–Crippen MR) is 58.7 cm³/mol. The molecule has 0 aliphatic carbocycles. The molecule has 15 heavy (non-hydrogen) atoms. The van der Waals surface area contributed by atoms with Crippen LogP contribution in [-0.2, 0) is 4.79 Å². The molecule has 0 aromatic carbocycles. The number of nitrogens with two attached hydrogens (primary N) is 1. The predicted octanol–water partition coefficient (Wildman–Crippen LogP) is 1.11. The Balaban J connectivity index is 2.99. The number of aromatic nitrogens is 2. The molecule has 0 unspecified atom stereocenters. The normalized spacial score (nSPS) is 11.2. The van der Waals surface area contributed by atoms with E-state index in [0.29, 0.717) is 5.82 Å². The highest BCUT2D eigenvalue weighted by Crippen LogP contribution is 2.17. The lowest BCUT2D eigenvalue weighted by Crippen LogP contribution is -2.45. The molecular weight excluding hydrogens is 216 g/mol. The first-order valence-corrected chi connectivity index (χ1v) is 4.78. The largest absolute Gasteiger partial charge is 0.368 e. The van der Waals surface area contributed by atoms with Gasteiger partial charge in [0, 0.05) is 11.8 Å². The zero-order chi connectivity index (χ0) is 11.6. The molecule has 0 saturated heterocycles. The number of hydrogen-bond acceptors (Lipinski definition) is 4. The number of halogens is 1. The molecule has 0 spiro atoms. The van der Waals surface area contributed by atoms with Crippen LogP contribution in [0.15, 0.2) is 6.20 Å². The second-order valence-electron chi connectivity index (χ2n) is 3.78. The third-order valence-corrected chi connectivity index (χ3v) is 2.17. The van der Waals surface area contributed by atoms with Crippen molar-refractivity contribution in [1.82, 2.24) is 9.97 Å². The summed E-state index contributed by atoms with van der Waals surface area (Å²) in [5.41, 5.74) is 5.16. The Morgan fingerprint density at radius 1 is 1.60 bits per heavy atom. The number of nitrogens with zero attached hydrogens (tertiary/aromatic N) is 2. The van der Waals surface area contributed by atoms with Gasteiger partial charge in [-0.25, -0.2) is 9.97 Å². The number of carbonyl (C=O) groups excluding carboxylic acids is 1. The average Bonchev–Trinajstić information content (AvgIpc) is 2.10. The summed E-state index contributed by atoms with van der Waals surface area (Å²) >= 11 is 5.65. The molecule has 1 rings (SSSR count). The monoisotopic (exact) mass is 228 g/mol. The zero-order valence-corrected chi connectivity index (χ0v) is 9.59. The van der Waals surface area contributed by atoms with E-state index in [1.807, 2.05) is 6.92 Å². The molecule has 0 atom stereocenters. The second-order valence-corrected chi connectivity index (χ2v) is 4.12. The fourth-order valence-electron chi connectivity index (χ4n) is 0.905. The summed E-state index contributed by atoms with van der Waals surface area (Å²) in [6.07, 6.45) is 1.58. The van der Waals surface area contributed by atoms with Crippen LogP contribution in [0.2, 0.25) is 5.28 Å². The fraction of sp³-hybridized carbons (Fsp3) is 0.444. The van der Waals surface area contributed by atoms with Crippen LogP contribution < -0.4 is 11.1 Å². The Morgan fingerprint density at radius 2 is 2.20 bits per heavy atom. The van der Waals surface area contributed by atoms with Gasteiger partial charge in [-0.1, -0.05) is 0 Å². The van der Waals surface area contributed by atoms with Gasteiger partial charge in [0.25, 0.3) is 0 Å².